The van der Waals surface area contributed by atoms with E-state index in [1.54, 1.807) is 6.92 Å². The lowest BCUT2D eigenvalue weighted by Crippen LogP contribution is -2.44. The minimum atomic E-state index is -0.480. The van der Waals surface area contributed by atoms with E-state index in [-0.39, 0.29) is 30.5 Å². The number of carbonyl (C=O) groups excluding carboxylic acids is 1. The highest BCUT2D eigenvalue weighted by molar-refractivity contribution is 5.85. The predicted molar refractivity (Wildman–Crippen MR) is 72.6 cm³/mol. The average Bonchev–Trinajstić information content (AvgIpc) is 2.78. The molecule has 0 aromatic heterocycles. The van der Waals surface area contributed by atoms with Gasteiger partial charge in [0.1, 0.15) is 6.10 Å². The monoisotopic (exact) mass is 270 g/mol. The van der Waals surface area contributed by atoms with Crippen LogP contribution < -0.4 is 11.1 Å². The maximum atomic E-state index is 11.6. The van der Waals surface area contributed by atoms with Crippen LogP contribution in [0.15, 0.2) is 30.3 Å². The Hall–Kier alpha value is -1.10. The zero-order valence-corrected chi connectivity index (χ0v) is 11.2. The Balaban J connectivity index is 0.00000162. The van der Waals surface area contributed by atoms with Crippen LogP contribution in [0.3, 0.4) is 0 Å². The molecule has 3 atom stereocenters. The lowest BCUT2D eigenvalue weighted by Gasteiger charge is -2.21. The molecular weight excluding hydrogens is 252 g/mol. The normalized spacial score (nSPS) is 24.1. The van der Waals surface area contributed by atoms with Crippen LogP contribution in [0.1, 0.15) is 25.0 Å². The average molecular weight is 271 g/mol. The molecule has 100 valence electrons. The second-order valence-electron chi connectivity index (χ2n) is 4.39. The first-order valence-electron chi connectivity index (χ1n) is 5.91. The van der Waals surface area contributed by atoms with Crippen LogP contribution in [-0.2, 0) is 9.53 Å². The zero-order chi connectivity index (χ0) is 12.3. The van der Waals surface area contributed by atoms with Crippen molar-refractivity contribution in [3.8, 4) is 0 Å². The standard InChI is InChI=1S/C13H18N2O2.ClH/c1-9(14)13(16)15-11-7-8-17-12(11)10-5-3-2-4-6-10;/h2-6,9,11-12H,7-8,14H2,1H3,(H,15,16);1H/t9-,11?,12?;/m0./s1. The number of amides is 1. The minimum absolute atomic E-state index is 0. The van der Waals surface area contributed by atoms with Gasteiger partial charge in [0.15, 0.2) is 0 Å². The van der Waals surface area contributed by atoms with Crippen LogP contribution in [0, 0.1) is 0 Å². The first-order valence-corrected chi connectivity index (χ1v) is 5.91. The summed E-state index contributed by atoms with van der Waals surface area (Å²) in [6.07, 6.45) is 0.775. The Morgan fingerprint density at radius 3 is 2.72 bits per heavy atom. The van der Waals surface area contributed by atoms with Crippen molar-refractivity contribution in [3.05, 3.63) is 35.9 Å². The van der Waals surface area contributed by atoms with E-state index in [2.05, 4.69) is 5.32 Å². The summed E-state index contributed by atoms with van der Waals surface area (Å²) >= 11 is 0. The highest BCUT2D eigenvalue weighted by atomic mass is 35.5. The fraction of sp³-hybridized carbons (Fsp3) is 0.462. The van der Waals surface area contributed by atoms with Gasteiger partial charge in [0.25, 0.3) is 0 Å². The first kappa shape index (κ1) is 15.0. The van der Waals surface area contributed by atoms with Gasteiger partial charge >= 0.3 is 0 Å². The van der Waals surface area contributed by atoms with E-state index in [4.69, 9.17) is 10.5 Å². The van der Waals surface area contributed by atoms with Crippen molar-refractivity contribution >= 4 is 18.3 Å². The molecule has 0 saturated carbocycles. The van der Waals surface area contributed by atoms with Crippen LogP contribution in [0.2, 0.25) is 0 Å². The number of carbonyl (C=O) groups is 1. The lowest BCUT2D eigenvalue weighted by atomic mass is 10.0. The van der Waals surface area contributed by atoms with Crippen molar-refractivity contribution in [1.82, 2.24) is 5.32 Å². The van der Waals surface area contributed by atoms with Gasteiger partial charge in [-0.25, -0.2) is 0 Å². The van der Waals surface area contributed by atoms with Crippen molar-refractivity contribution in [1.29, 1.82) is 0 Å². The van der Waals surface area contributed by atoms with Crippen LogP contribution in [0.4, 0.5) is 0 Å². The molecule has 0 spiro atoms. The van der Waals surface area contributed by atoms with E-state index in [1.165, 1.54) is 0 Å². The molecule has 1 aliphatic rings. The maximum absolute atomic E-state index is 11.6. The number of hydrogen-bond donors (Lipinski definition) is 2. The van der Waals surface area contributed by atoms with E-state index >= 15 is 0 Å². The second kappa shape index (κ2) is 6.73. The molecule has 1 aromatic carbocycles. The summed E-state index contributed by atoms with van der Waals surface area (Å²) in [5, 5.41) is 2.94. The maximum Gasteiger partial charge on any atom is 0.236 e. The Labute approximate surface area is 113 Å². The van der Waals surface area contributed by atoms with E-state index in [1.807, 2.05) is 30.3 Å². The molecule has 1 aromatic rings. The SMILES string of the molecule is C[C@H](N)C(=O)NC1CCOC1c1ccccc1.Cl. The lowest BCUT2D eigenvalue weighted by molar-refractivity contribution is -0.123. The Bertz CT molecular complexity index is 384. The van der Waals surface area contributed by atoms with Crippen molar-refractivity contribution in [3.63, 3.8) is 0 Å². The van der Waals surface area contributed by atoms with E-state index in [0.717, 1.165) is 12.0 Å². The molecule has 1 fully saturated rings. The third-order valence-electron chi connectivity index (χ3n) is 2.96. The highest BCUT2D eigenvalue weighted by Crippen LogP contribution is 2.28. The number of nitrogens with two attached hydrogens (primary N) is 1. The molecule has 0 bridgehead atoms. The largest absolute Gasteiger partial charge is 0.371 e. The molecule has 3 N–H and O–H groups in total. The molecule has 2 rings (SSSR count). The molecule has 1 heterocycles. The van der Waals surface area contributed by atoms with E-state index in [9.17, 15) is 4.79 Å². The van der Waals surface area contributed by atoms with Gasteiger partial charge in [-0.1, -0.05) is 30.3 Å². The fourth-order valence-corrected chi connectivity index (χ4v) is 2.02. The molecular formula is C13H19ClN2O2. The van der Waals surface area contributed by atoms with Gasteiger partial charge in [-0.3, -0.25) is 4.79 Å². The Morgan fingerprint density at radius 1 is 1.44 bits per heavy atom. The van der Waals surface area contributed by atoms with Crippen molar-refractivity contribution in [2.24, 2.45) is 5.73 Å². The number of halogens is 1. The van der Waals surface area contributed by atoms with Gasteiger partial charge in [-0.2, -0.15) is 0 Å². The Kier molecular flexibility index (Phi) is 5.59. The quantitative estimate of drug-likeness (QED) is 0.873. The van der Waals surface area contributed by atoms with Crippen LogP contribution >= 0.6 is 12.4 Å². The van der Waals surface area contributed by atoms with Gasteiger partial charge in [0.05, 0.1) is 12.1 Å². The van der Waals surface area contributed by atoms with Gasteiger partial charge in [0, 0.05) is 6.61 Å². The predicted octanol–water partition coefficient (Wildman–Crippen LogP) is 1.40. The summed E-state index contributed by atoms with van der Waals surface area (Å²) in [6, 6.07) is 9.49. The third-order valence-corrected chi connectivity index (χ3v) is 2.96. The topological polar surface area (TPSA) is 64.4 Å². The molecule has 18 heavy (non-hydrogen) atoms. The van der Waals surface area contributed by atoms with Gasteiger partial charge in [-0.05, 0) is 18.9 Å². The van der Waals surface area contributed by atoms with Gasteiger partial charge < -0.3 is 15.8 Å². The molecule has 1 saturated heterocycles. The first-order chi connectivity index (χ1) is 8.18. The highest BCUT2D eigenvalue weighted by Gasteiger charge is 2.31. The van der Waals surface area contributed by atoms with Crippen LogP contribution in [0.25, 0.3) is 0 Å². The number of ether oxygens (including phenoxy) is 1. The third kappa shape index (κ3) is 3.45. The Morgan fingerprint density at radius 2 is 2.11 bits per heavy atom. The van der Waals surface area contributed by atoms with Gasteiger partial charge in [-0.15, -0.1) is 12.4 Å². The minimum Gasteiger partial charge on any atom is -0.371 e. The number of nitrogens with one attached hydrogen (secondary N) is 1. The summed E-state index contributed by atoms with van der Waals surface area (Å²) in [4.78, 5) is 11.6. The molecule has 0 aliphatic carbocycles. The van der Waals surface area contributed by atoms with Crippen LogP contribution in [-0.4, -0.2) is 24.6 Å². The van der Waals surface area contributed by atoms with E-state index in [0.29, 0.717) is 6.61 Å². The van der Waals surface area contributed by atoms with Crippen molar-refractivity contribution < 1.29 is 9.53 Å². The molecule has 4 nitrogen and oxygen atoms in total. The summed E-state index contributed by atoms with van der Waals surface area (Å²) in [7, 11) is 0. The number of rotatable bonds is 3. The summed E-state index contributed by atoms with van der Waals surface area (Å²) < 4.78 is 5.68. The zero-order valence-electron chi connectivity index (χ0n) is 10.3. The summed E-state index contributed by atoms with van der Waals surface area (Å²) in [6.45, 7) is 2.35. The molecule has 1 amide bonds. The number of benzene rings is 1. The summed E-state index contributed by atoms with van der Waals surface area (Å²) in [5.74, 6) is -0.124. The van der Waals surface area contributed by atoms with Crippen molar-refractivity contribution in [2.75, 3.05) is 6.61 Å². The number of hydrogen-bond acceptors (Lipinski definition) is 3. The van der Waals surface area contributed by atoms with E-state index < -0.39 is 6.04 Å². The van der Waals surface area contributed by atoms with Gasteiger partial charge in [0.2, 0.25) is 5.91 Å². The molecule has 2 unspecified atom stereocenters. The molecule has 0 radical (unpaired) electrons. The fourth-order valence-electron chi connectivity index (χ4n) is 2.02. The molecule has 5 heteroatoms. The summed E-state index contributed by atoms with van der Waals surface area (Å²) in [5.41, 5.74) is 6.64. The van der Waals surface area contributed by atoms with Crippen LogP contribution in [0.5, 0.6) is 0 Å². The second-order valence-corrected chi connectivity index (χ2v) is 4.39. The van der Waals surface area contributed by atoms with Crippen molar-refractivity contribution in [2.45, 2.75) is 31.5 Å². The smallest absolute Gasteiger partial charge is 0.236 e. The molecule has 1 aliphatic heterocycles.